The SMILES string of the molecule is O=S(=O)([O-])C(F)(F)F.O=c1c2ccccc2sc2ccc(Sc3ccc([S+](c4ccccc4)c4ccc5sc6ccccc6c(=O)c5c4)cc3)cc12. The smallest absolute Gasteiger partial charge is 0.485 e. The van der Waals surface area contributed by atoms with Crippen LogP contribution in [0.5, 0.6) is 0 Å². The molecule has 8 rings (SSSR count). The maximum absolute atomic E-state index is 13.5. The molecule has 0 aliphatic rings. The lowest BCUT2D eigenvalue weighted by molar-refractivity contribution is -0.0517. The fourth-order valence-electron chi connectivity index (χ4n) is 5.50. The van der Waals surface area contributed by atoms with Crippen LogP contribution < -0.4 is 10.9 Å². The zero-order valence-electron chi connectivity index (χ0n) is 26.5. The van der Waals surface area contributed by atoms with E-state index in [0.717, 1.165) is 55.0 Å². The van der Waals surface area contributed by atoms with Crippen molar-refractivity contribution in [2.24, 2.45) is 0 Å². The standard InChI is InChI=1S/C38H23O2S4.CHF3O3S/c39-37-29-10-4-6-12-33(29)42-35-20-16-25(22-31(35)37)41-24-14-17-27(18-15-24)44(26-8-2-1-3-9-26)28-19-21-36-32(23-28)38(40)30-11-5-7-13-34(30)43-36;2-1(3,4)8(5,6)7/h1-23H;(H,5,6,7)/q+1;/p-1. The van der Waals surface area contributed by atoms with Gasteiger partial charge in [0, 0.05) is 56.2 Å². The predicted molar refractivity (Wildman–Crippen MR) is 206 cm³/mol. The van der Waals surface area contributed by atoms with Gasteiger partial charge >= 0.3 is 5.51 Å². The fourth-order valence-corrected chi connectivity index (χ4v) is 10.6. The van der Waals surface area contributed by atoms with Gasteiger partial charge in [-0.15, -0.1) is 22.7 Å². The maximum Gasteiger partial charge on any atom is 0.485 e. The molecule has 0 bridgehead atoms. The number of fused-ring (bicyclic) bond motifs is 4. The average Bonchev–Trinajstić information content (AvgIpc) is 3.13. The van der Waals surface area contributed by atoms with Gasteiger partial charge in [-0.05, 0) is 91.0 Å². The minimum absolute atomic E-state index is 0.0875. The molecule has 6 aromatic carbocycles. The second-order valence-corrected chi connectivity index (χ2v) is 18.0. The van der Waals surface area contributed by atoms with Crippen LogP contribution in [0, 0.1) is 0 Å². The fraction of sp³-hybridized carbons (Fsp3) is 0.0256. The van der Waals surface area contributed by atoms with Crippen molar-refractivity contribution in [2.75, 3.05) is 0 Å². The van der Waals surface area contributed by atoms with Crippen LogP contribution in [-0.2, 0) is 21.0 Å². The van der Waals surface area contributed by atoms with Crippen LogP contribution in [0.15, 0.2) is 174 Å². The molecular weight excluding hydrogens is 766 g/mol. The summed E-state index contributed by atoms with van der Waals surface area (Å²) in [5.41, 5.74) is -5.47. The zero-order chi connectivity index (χ0) is 36.6. The highest BCUT2D eigenvalue weighted by atomic mass is 32.2. The number of benzene rings is 6. The number of halogens is 3. The van der Waals surface area contributed by atoms with E-state index in [9.17, 15) is 22.8 Å². The topological polar surface area (TPSA) is 91.3 Å². The van der Waals surface area contributed by atoms with Crippen molar-refractivity contribution in [3.05, 3.63) is 160 Å². The third-order valence-electron chi connectivity index (χ3n) is 7.89. The Kier molecular flexibility index (Phi) is 10.0. The van der Waals surface area contributed by atoms with Crippen LogP contribution >= 0.6 is 34.4 Å². The van der Waals surface area contributed by atoms with Crippen molar-refractivity contribution in [3.8, 4) is 0 Å². The molecule has 0 saturated carbocycles. The van der Waals surface area contributed by atoms with Crippen molar-refractivity contribution >= 4 is 95.8 Å². The molecule has 13 heteroatoms. The Hall–Kier alpha value is -4.50. The van der Waals surface area contributed by atoms with Crippen molar-refractivity contribution < 1.29 is 26.1 Å². The predicted octanol–water partition coefficient (Wildman–Crippen LogP) is 10.4. The normalized spacial score (nSPS) is 12.5. The van der Waals surface area contributed by atoms with E-state index in [1.165, 1.54) is 9.79 Å². The van der Waals surface area contributed by atoms with E-state index in [0.29, 0.717) is 0 Å². The highest BCUT2D eigenvalue weighted by molar-refractivity contribution is 7.99. The summed E-state index contributed by atoms with van der Waals surface area (Å²) >= 11 is 4.98. The van der Waals surface area contributed by atoms with Gasteiger partial charge in [-0.2, -0.15) is 13.2 Å². The molecule has 0 N–H and O–H groups in total. The summed E-state index contributed by atoms with van der Waals surface area (Å²) in [5.74, 6) is 0. The summed E-state index contributed by atoms with van der Waals surface area (Å²) in [6.07, 6.45) is 0. The lowest BCUT2D eigenvalue weighted by Crippen LogP contribution is -2.21. The van der Waals surface area contributed by atoms with E-state index in [4.69, 9.17) is 13.0 Å². The van der Waals surface area contributed by atoms with Crippen molar-refractivity contribution in [1.29, 1.82) is 0 Å². The van der Waals surface area contributed by atoms with Gasteiger partial charge in [-0.3, -0.25) is 9.59 Å². The molecule has 2 heterocycles. The van der Waals surface area contributed by atoms with Crippen molar-refractivity contribution in [1.82, 2.24) is 0 Å². The molecule has 52 heavy (non-hydrogen) atoms. The molecule has 0 radical (unpaired) electrons. The molecule has 0 aliphatic carbocycles. The lowest BCUT2D eigenvalue weighted by Gasteiger charge is -2.10. The molecule has 0 spiro atoms. The number of rotatable bonds is 5. The summed E-state index contributed by atoms with van der Waals surface area (Å²) in [7, 11) is -6.48. The first-order valence-electron chi connectivity index (χ1n) is 15.4. The van der Waals surface area contributed by atoms with Gasteiger partial charge in [-0.1, -0.05) is 54.2 Å². The van der Waals surface area contributed by atoms with Gasteiger partial charge in [0.15, 0.2) is 35.7 Å². The van der Waals surface area contributed by atoms with E-state index >= 15 is 0 Å². The van der Waals surface area contributed by atoms with Crippen LogP contribution in [0.1, 0.15) is 0 Å². The average molecular weight is 789 g/mol. The Labute approximate surface area is 310 Å². The van der Waals surface area contributed by atoms with Crippen LogP contribution in [0.3, 0.4) is 0 Å². The summed E-state index contributed by atoms with van der Waals surface area (Å²) < 4.78 is 62.9. The summed E-state index contributed by atoms with van der Waals surface area (Å²) in [5, 5.41) is 3.09. The quantitative estimate of drug-likeness (QED) is 0.0747. The highest BCUT2D eigenvalue weighted by Crippen LogP contribution is 2.37. The summed E-state index contributed by atoms with van der Waals surface area (Å²) in [4.78, 5) is 32.4. The van der Waals surface area contributed by atoms with E-state index in [2.05, 4.69) is 78.9 Å². The van der Waals surface area contributed by atoms with E-state index in [1.54, 1.807) is 34.4 Å². The number of alkyl halides is 3. The molecule has 0 amide bonds. The molecule has 2 aromatic heterocycles. The Balaban J connectivity index is 0.000000474. The van der Waals surface area contributed by atoms with Crippen LogP contribution in [0.4, 0.5) is 13.2 Å². The Morgan fingerprint density at radius 3 is 1.50 bits per heavy atom. The summed E-state index contributed by atoms with van der Waals surface area (Å²) in [6, 6.07) is 47.4. The zero-order valence-corrected chi connectivity index (χ0v) is 30.6. The molecule has 0 aliphatic heterocycles. The van der Waals surface area contributed by atoms with E-state index < -0.39 is 15.6 Å². The second kappa shape index (κ2) is 14.5. The Morgan fingerprint density at radius 2 is 0.942 bits per heavy atom. The third kappa shape index (κ3) is 7.38. The van der Waals surface area contributed by atoms with Gasteiger partial charge < -0.3 is 4.55 Å². The van der Waals surface area contributed by atoms with E-state index in [1.807, 2.05) is 60.7 Å². The Morgan fingerprint density at radius 1 is 0.519 bits per heavy atom. The largest absolute Gasteiger partial charge is 0.741 e. The molecule has 5 nitrogen and oxygen atoms in total. The number of hydrogen-bond donors (Lipinski definition) is 0. The van der Waals surface area contributed by atoms with Crippen molar-refractivity contribution in [3.63, 3.8) is 0 Å². The van der Waals surface area contributed by atoms with Gasteiger partial charge in [0.05, 0.1) is 10.9 Å². The van der Waals surface area contributed by atoms with Gasteiger partial charge in [-0.25, -0.2) is 8.42 Å². The van der Waals surface area contributed by atoms with E-state index in [-0.39, 0.29) is 21.8 Å². The third-order valence-corrected chi connectivity index (χ3v) is 14.0. The van der Waals surface area contributed by atoms with Gasteiger partial charge in [0.1, 0.15) is 0 Å². The van der Waals surface area contributed by atoms with Crippen LogP contribution in [0.2, 0.25) is 0 Å². The molecule has 260 valence electrons. The second-order valence-electron chi connectivity index (χ2n) is 11.3. The van der Waals surface area contributed by atoms with Crippen LogP contribution in [-0.4, -0.2) is 18.5 Å². The first kappa shape index (κ1) is 35.9. The first-order valence-corrected chi connectivity index (χ1v) is 20.5. The maximum atomic E-state index is 13.5. The number of hydrogen-bond acceptors (Lipinski definition) is 8. The monoisotopic (exact) mass is 788 g/mol. The van der Waals surface area contributed by atoms with Crippen molar-refractivity contribution in [2.45, 2.75) is 30.0 Å². The molecule has 1 atom stereocenters. The molecule has 0 fully saturated rings. The Bertz CT molecular complexity index is 2840. The molecule has 0 saturated heterocycles. The minimum Gasteiger partial charge on any atom is -0.741 e. The lowest BCUT2D eigenvalue weighted by atomic mass is 10.2. The molecule has 8 aromatic rings. The van der Waals surface area contributed by atoms with Gasteiger partial charge in [0.25, 0.3) is 0 Å². The molecular formula is C39H23F3O5S5. The highest BCUT2D eigenvalue weighted by Gasteiger charge is 2.37. The summed E-state index contributed by atoms with van der Waals surface area (Å²) in [6.45, 7) is 0. The first-order chi connectivity index (χ1) is 24.9. The van der Waals surface area contributed by atoms with Gasteiger partial charge in [0.2, 0.25) is 0 Å². The molecule has 1 unspecified atom stereocenters. The minimum atomic E-state index is -6.09. The van der Waals surface area contributed by atoms with Crippen LogP contribution in [0.25, 0.3) is 40.3 Å².